The summed E-state index contributed by atoms with van der Waals surface area (Å²) in [6, 6.07) is 62.0. The van der Waals surface area contributed by atoms with Crippen LogP contribution in [0.25, 0.3) is 53.2 Å². The molecule has 0 saturated carbocycles. The second kappa shape index (κ2) is 11.7. The van der Waals surface area contributed by atoms with Crippen molar-refractivity contribution in [3.05, 3.63) is 176 Å². The monoisotopic (exact) mass is 659 g/mol. The van der Waals surface area contributed by atoms with Gasteiger partial charge in [0.2, 0.25) is 0 Å². The molecule has 0 spiro atoms. The van der Waals surface area contributed by atoms with Crippen LogP contribution in [0, 0.1) is 0 Å². The first-order valence-electron chi connectivity index (χ1n) is 16.7. The minimum Gasteiger partial charge on any atom is -0.453 e. The second-order valence-corrected chi connectivity index (χ2v) is 13.6. The molecule has 10 rings (SSSR count). The van der Waals surface area contributed by atoms with Crippen LogP contribution in [0.3, 0.4) is 0 Å². The van der Waals surface area contributed by atoms with Gasteiger partial charge >= 0.3 is 0 Å². The standard InChI is InChI=1S/C46H29NO2S/c1-2-10-30(11-3-1)31-20-23-34(24-21-31)47(35-25-26-38-37-15-5-7-19-44(37)50-45(38)29-35)39-16-6-4-14-36(39)33-22-27-40-43(28-33)49-42-18-9-13-32-12-8-17-41(48-40)46(32)42/h1-29H. The summed E-state index contributed by atoms with van der Waals surface area (Å²) in [5.74, 6) is 2.97. The van der Waals surface area contributed by atoms with E-state index >= 15 is 0 Å². The molecule has 0 atom stereocenters. The Balaban J connectivity index is 1.12. The van der Waals surface area contributed by atoms with E-state index in [1.54, 1.807) is 0 Å². The summed E-state index contributed by atoms with van der Waals surface area (Å²) >= 11 is 1.84. The summed E-state index contributed by atoms with van der Waals surface area (Å²) in [7, 11) is 0. The molecule has 0 bridgehead atoms. The van der Waals surface area contributed by atoms with Crippen molar-refractivity contribution in [2.75, 3.05) is 4.90 Å². The van der Waals surface area contributed by atoms with Crippen molar-refractivity contribution in [3.63, 3.8) is 0 Å². The van der Waals surface area contributed by atoms with Gasteiger partial charge in [-0.2, -0.15) is 0 Å². The van der Waals surface area contributed by atoms with Crippen molar-refractivity contribution in [1.82, 2.24) is 0 Å². The van der Waals surface area contributed by atoms with Crippen LogP contribution in [0.15, 0.2) is 176 Å². The highest BCUT2D eigenvalue weighted by Gasteiger charge is 2.22. The fourth-order valence-corrected chi connectivity index (χ4v) is 8.29. The summed E-state index contributed by atoms with van der Waals surface area (Å²) in [6.45, 7) is 0. The van der Waals surface area contributed by atoms with E-state index in [4.69, 9.17) is 9.47 Å². The molecule has 9 aromatic rings. The van der Waals surface area contributed by atoms with Crippen molar-refractivity contribution in [1.29, 1.82) is 0 Å². The highest BCUT2D eigenvalue weighted by atomic mass is 32.1. The Bertz CT molecular complexity index is 2710. The summed E-state index contributed by atoms with van der Waals surface area (Å²) in [5.41, 5.74) is 7.75. The van der Waals surface area contributed by atoms with Crippen LogP contribution in [0.2, 0.25) is 0 Å². The molecule has 0 unspecified atom stereocenters. The quantitative estimate of drug-likeness (QED) is 0.184. The van der Waals surface area contributed by atoms with Crippen LogP contribution in [0.4, 0.5) is 17.1 Å². The number of rotatable bonds is 5. The van der Waals surface area contributed by atoms with Crippen LogP contribution in [-0.4, -0.2) is 0 Å². The third kappa shape index (κ3) is 4.80. The van der Waals surface area contributed by atoms with E-state index in [1.807, 2.05) is 41.7 Å². The largest absolute Gasteiger partial charge is 0.453 e. The van der Waals surface area contributed by atoms with E-state index < -0.39 is 0 Å². The van der Waals surface area contributed by atoms with E-state index in [-0.39, 0.29) is 0 Å². The van der Waals surface area contributed by atoms with E-state index in [1.165, 1.54) is 31.3 Å². The Morgan fingerprint density at radius 2 is 1.06 bits per heavy atom. The number of hydrogen-bond acceptors (Lipinski definition) is 4. The number of fused-ring (bicyclic) bond motifs is 4. The number of hydrogen-bond donors (Lipinski definition) is 0. The predicted octanol–water partition coefficient (Wildman–Crippen LogP) is 13.9. The number of benzene rings is 8. The zero-order valence-corrected chi connectivity index (χ0v) is 27.7. The highest BCUT2D eigenvalue weighted by Crippen LogP contribution is 2.49. The smallest absolute Gasteiger partial charge is 0.170 e. The molecule has 0 saturated heterocycles. The maximum absolute atomic E-state index is 6.60. The summed E-state index contributed by atoms with van der Waals surface area (Å²) < 4.78 is 15.6. The minimum atomic E-state index is 0.687. The van der Waals surface area contributed by atoms with Crippen LogP contribution >= 0.6 is 11.3 Å². The third-order valence-electron chi connectivity index (χ3n) is 9.52. The molecule has 50 heavy (non-hydrogen) atoms. The van der Waals surface area contributed by atoms with Gasteiger partial charge in [-0.1, -0.05) is 115 Å². The Morgan fingerprint density at radius 3 is 1.90 bits per heavy atom. The van der Waals surface area contributed by atoms with Crippen molar-refractivity contribution in [3.8, 4) is 45.3 Å². The Morgan fingerprint density at radius 1 is 0.400 bits per heavy atom. The first-order chi connectivity index (χ1) is 24.8. The molecule has 0 radical (unpaired) electrons. The lowest BCUT2D eigenvalue weighted by Crippen LogP contribution is -2.11. The molecule has 3 nitrogen and oxygen atoms in total. The van der Waals surface area contributed by atoms with E-state index in [9.17, 15) is 0 Å². The molecule has 236 valence electrons. The molecular formula is C46H29NO2S. The molecule has 0 N–H and O–H groups in total. The molecule has 0 aliphatic carbocycles. The number of ether oxygens (including phenoxy) is 2. The molecule has 1 aliphatic rings. The number of anilines is 3. The summed E-state index contributed by atoms with van der Waals surface area (Å²) in [6.07, 6.45) is 0. The van der Waals surface area contributed by atoms with E-state index in [0.717, 1.165) is 50.5 Å². The lowest BCUT2D eigenvalue weighted by molar-refractivity contribution is 0.439. The van der Waals surface area contributed by atoms with Crippen molar-refractivity contribution >= 4 is 59.3 Å². The van der Waals surface area contributed by atoms with Gasteiger partial charge in [0.25, 0.3) is 0 Å². The van der Waals surface area contributed by atoms with Gasteiger partial charge in [-0.15, -0.1) is 11.3 Å². The predicted molar refractivity (Wildman–Crippen MR) is 209 cm³/mol. The number of nitrogens with zero attached hydrogens (tertiary/aromatic N) is 1. The Labute approximate surface area is 293 Å². The van der Waals surface area contributed by atoms with Gasteiger partial charge in [0.1, 0.15) is 11.5 Å². The molecule has 8 aromatic carbocycles. The van der Waals surface area contributed by atoms with Gasteiger partial charge < -0.3 is 14.4 Å². The SMILES string of the molecule is c1ccc(-c2ccc(N(c3ccc4c(c3)sc3ccccc34)c3ccccc3-c3ccc4c(c3)Oc3cccc5cccc(c35)O4)cc2)cc1. The maximum Gasteiger partial charge on any atom is 0.170 e. The normalized spacial score (nSPS) is 11.9. The molecule has 1 aliphatic heterocycles. The van der Waals surface area contributed by atoms with Gasteiger partial charge in [-0.25, -0.2) is 0 Å². The molecule has 0 amide bonds. The second-order valence-electron chi connectivity index (χ2n) is 12.5. The average Bonchev–Trinajstić information content (AvgIpc) is 3.46. The number of para-hydroxylation sites is 1. The minimum absolute atomic E-state index is 0.687. The molecular weight excluding hydrogens is 631 g/mol. The fourth-order valence-electron chi connectivity index (χ4n) is 7.15. The van der Waals surface area contributed by atoms with Gasteiger partial charge in [0, 0.05) is 37.1 Å². The zero-order chi connectivity index (χ0) is 33.0. The van der Waals surface area contributed by atoms with E-state index in [2.05, 4.69) is 150 Å². The van der Waals surface area contributed by atoms with Gasteiger partial charge in [0.15, 0.2) is 11.5 Å². The first-order valence-corrected chi connectivity index (χ1v) is 17.6. The van der Waals surface area contributed by atoms with Crippen molar-refractivity contribution < 1.29 is 9.47 Å². The molecule has 2 heterocycles. The summed E-state index contributed by atoms with van der Waals surface area (Å²) in [4.78, 5) is 2.37. The van der Waals surface area contributed by atoms with E-state index in [0.29, 0.717) is 11.5 Å². The fraction of sp³-hybridized carbons (Fsp3) is 0. The molecule has 4 heteroatoms. The van der Waals surface area contributed by atoms with Crippen molar-refractivity contribution in [2.24, 2.45) is 0 Å². The van der Waals surface area contributed by atoms with Gasteiger partial charge in [0.05, 0.1) is 11.1 Å². The summed E-state index contributed by atoms with van der Waals surface area (Å²) in [5, 5.41) is 4.64. The Kier molecular flexibility index (Phi) is 6.68. The van der Waals surface area contributed by atoms with Crippen LogP contribution in [-0.2, 0) is 0 Å². The van der Waals surface area contributed by atoms with Crippen LogP contribution < -0.4 is 14.4 Å². The maximum atomic E-state index is 6.60. The number of thiophene rings is 1. The first kappa shape index (κ1) is 28.6. The van der Waals surface area contributed by atoms with Crippen molar-refractivity contribution in [2.45, 2.75) is 0 Å². The van der Waals surface area contributed by atoms with Gasteiger partial charge in [-0.3, -0.25) is 0 Å². The van der Waals surface area contributed by atoms with Gasteiger partial charge in [-0.05, 0) is 82.7 Å². The average molecular weight is 660 g/mol. The Hall–Kier alpha value is -6.36. The topological polar surface area (TPSA) is 21.7 Å². The molecule has 0 fully saturated rings. The lowest BCUT2D eigenvalue weighted by atomic mass is 10.0. The zero-order valence-electron chi connectivity index (χ0n) is 26.9. The van der Waals surface area contributed by atoms with Crippen LogP contribution in [0.1, 0.15) is 0 Å². The molecule has 1 aromatic heterocycles. The lowest BCUT2D eigenvalue weighted by Gasteiger charge is -2.28. The highest BCUT2D eigenvalue weighted by molar-refractivity contribution is 7.25. The van der Waals surface area contributed by atoms with Crippen LogP contribution in [0.5, 0.6) is 23.0 Å². The third-order valence-corrected chi connectivity index (χ3v) is 10.7.